The standard InChI is InChI=1S/C20H23N3O2/c24-20(22-17-4-2-1-3-5-17)25-19-16-8-12-23(13-9-16)18(19)14-15-6-10-21-11-7-15/h1-7,10-11,16,18-19H,8-9,12-14H2,(H,22,24). The Morgan fingerprint density at radius 2 is 1.84 bits per heavy atom. The van der Waals surface area contributed by atoms with E-state index in [9.17, 15) is 4.79 Å². The van der Waals surface area contributed by atoms with Gasteiger partial charge in [0, 0.05) is 24.0 Å². The van der Waals surface area contributed by atoms with Crippen molar-refractivity contribution >= 4 is 11.8 Å². The molecule has 0 saturated carbocycles. The smallest absolute Gasteiger partial charge is 0.411 e. The Bertz CT molecular complexity index is 699. The van der Waals surface area contributed by atoms with Crippen molar-refractivity contribution < 1.29 is 9.53 Å². The highest BCUT2D eigenvalue weighted by Gasteiger charge is 2.44. The Labute approximate surface area is 148 Å². The Kier molecular flexibility index (Phi) is 4.65. The number of anilines is 1. The lowest BCUT2D eigenvalue weighted by atomic mass is 9.78. The first-order valence-electron chi connectivity index (χ1n) is 8.95. The number of carbonyl (C=O) groups excluding carboxylic acids is 1. The van der Waals surface area contributed by atoms with Crippen molar-refractivity contribution in [2.75, 3.05) is 18.4 Å². The van der Waals surface area contributed by atoms with Gasteiger partial charge < -0.3 is 4.74 Å². The highest BCUT2D eigenvalue weighted by atomic mass is 16.6. The zero-order valence-electron chi connectivity index (χ0n) is 14.2. The van der Waals surface area contributed by atoms with Gasteiger partial charge in [-0.25, -0.2) is 4.79 Å². The average Bonchev–Trinajstić information content (AvgIpc) is 2.66. The third kappa shape index (κ3) is 3.66. The normalized spacial score (nSPS) is 27.7. The summed E-state index contributed by atoms with van der Waals surface area (Å²) in [5.74, 6) is 0.457. The van der Waals surface area contributed by atoms with Gasteiger partial charge in [0.25, 0.3) is 0 Å². The third-order valence-corrected chi connectivity index (χ3v) is 5.34. The Hall–Kier alpha value is -2.40. The number of benzene rings is 1. The van der Waals surface area contributed by atoms with Crippen LogP contribution in [0.15, 0.2) is 54.9 Å². The molecular formula is C20H23N3O2. The van der Waals surface area contributed by atoms with Crippen molar-refractivity contribution in [3.8, 4) is 0 Å². The zero-order valence-corrected chi connectivity index (χ0v) is 14.2. The summed E-state index contributed by atoms with van der Waals surface area (Å²) in [7, 11) is 0. The van der Waals surface area contributed by atoms with E-state index in [2.05, 4.69) is 15.2 Å². The van der Waals surface area contributed by atoms with Gasteiger partial charge in [-0.3, -0.25) is 15.2 Å². The molecule has 25 heavy (non-hydrogen) atoms. The molecule has 1 amide bonds. The van der Waals surface area contributed by atoms with Crippen LogP contribution in [0.5, 0.6) is 0 Å². The summed E-state index contributed by atoms with van der Waals surface area (Å²) in [6, 6.07) is 13.8. The van der Waals surface area contributed by atoms with Gasteiger partial charge in [-0.15, -0.1) is 0 Å². The Balaban J connectivity index is 1.46. The quantitative estimate of drug-likeness (QED) is 0.930. The second-order valence-corrected chi connectivity index (χ2v) is 6.86. The highest BCUT2D eigenvalue weighted by molar-refractivity contribution is 5.84. The number of nitrogens with zero attached hydrogens (tertiary/aromatic N) is 2. The average molecular weight is 337 g/mol. The van der Waals surface area contributed by atoms with E-state index >= 15 is 0 Å². The van der Waals surface area contributed by atoms with E-state index in [0.29, 0.717) is 5.92 Å². The van der Waals surface area contributed by atoms with Crippen LogP contribution >= 0.6 is 0 Å². The fourth-order valence-corrected chi connectivity index (χ4v) is 4.07. The van der Waals surface area contributed by atoms with Crippen LogP contribution in [0.1, 0.15) is 18.4 Å². The topological polar surface area (TPSA) is 54.5 Å². The fourth-order valence-electron chi connectivity index (χ4n) is 4.07. The lowest BCUT2D eigenvalue weighted by molar-refractivity contribution is -0.0741. The van der Waals surface area contributed by atoms with Crippen molar-refractivity contribution in [2.24, 2.45) is 5.92 Å². The van der Waals surface area contributed by atoms with E-state index in [-0.39, 0.29) is 18.2 Å². The van der Waals surface area contributed by atoms with Crippen molar-refractivity contribution in [1.29, 1.82) is 0 Å². The number of nitrogens with one attached hydrogen (secondary N) is 1. The largest absolute Gasteiger partial charge is 0.444 e. The van der Waals surface area contributed by atoms with E-state index < -0.39 is 0 Å². The van der Waals surface area contributed by atoms with Gasteiger partial charge in [0.05, 0.1) is 6.04 Å². The van der Waals surface area contributed by atoms with Crippen molar-refractivity contribution in [1.82, 2.24) is 9.88 Å². The number of piperidine rings is 3. The van der Waals surface area contributed by atoms with Crippen LogP contribution in [-0.2, 0) is 11.2 Å². The van der Waals surface area contributed by atoms with Gasteiger partial charge in [0.2, 0.25) is 0 Å². The first-order chi connectivity index (χ1) is 12.3. The van der Waals surface area contributed by atoms with Crippen LogP contribution in [0.2, 0.25) is 0 Å². The van der Waals surface area contributed by atoms with Gasteiger partial charge in [0.1, 0.15) is 6.10 Å². The minimum absolute atomic E-state index is 0.0561. The molecule has 4 heterocycles. The molecule has 5 heteroatoms. The second kappa shape index (κ2) is 7.23. The van der Waals surface area contributed by atoms with E-state index in [1.807, 2.05) is 54.9 Å². The molecule has 130 valence electrons. The van der Waals surface area contributed by atoms with Crippen molar-refractivity contribution in [2.45, 2.75) is 31.4 Å². The number of carbonyl (C=O) groups is 1. The molecule has 5 rings (SSSR count). The van der Waals surface area contributed by atoms with Crippen molar-refractivity contribution in [3.63, 3.8) is 0 Å². The molecule has 1 aromatic carbocycles. The molecule has 0 spiro atoms. The van der Waals surface area contributed by atoms with Gasteiger partial charge in [-0.1, -0.05) is 18.2 Å². The summed E-state index contributed by atoms with van der Waals surface area (Å²) in [6.07, 6.45) is 6.34. The molecule has 2 unspecified atom stereocenters. The summed E-state index contributed by atoms with van der Waals surface area (Å²) in [5.41, 5.74) is 2.00. The molecule has 2 aromatic rings. The highest BCUT2D eigenvalue weighted by Crippen LogP contribution is 2.36. The maximum atomic E-state index is 12.4. The maximum Gasteiger partial charge on any atom is 0.411 e. The van der Waals surface area contributed by atoms with Crippen LogP contribution < -0.4 is 5.32 Å². The van der Waals surface area contributed by atoms with Crippen LogP contribution in [-0.4, -0.2) is 41.2 Å². The summed E-state index contributed by atoms with van der Waals surface area (Å²) >= 11 is 0. The van der Waals surface area contributed by atoms with E-state index in [1.165, 1.54) is 5.56 Å². The number of rotatable bonds is 4. The molecule has 3 saturated heterocycles. The fraction of sp³-hybridized carbons (Fsp3) is 0.400. The molecule has 5 nitrogen and oxygen atoms in total. The maximum absolute atomic E-state index is 12.4. The predicted octanol–water partition coefficient (Wildman–Crippen LogP) is 3.34. The van der Waals surface area contributed by atoms with Gasteiger partial charge in [-0.05, 0) is 62.2 Å². The number of fused-ring (bicyclic) bond motifs is 3. The SMILES string of the molecule is O=C(Nc1ccccc1)OC1C2CCN(CC2)C1Cc1ccncc1. The summed E-state index contributed by atoms with van der Waals surface area (Å²) in [6.45, 7) is 2.20. The third-order valence-electron chi connectivity index (χ3n) is 5.34. The Morgan fingerprint density at radius 1 is 1.12 bits per heavy atom. The summed E-state index contributed by atoms with van der Waals surface area (Å²) in [5, 5.41) is 2.84. The van der Waals surface area contributed by atoms with Crippen LogP contribution in [0, 0.1) is 5.92 Å². The molecule has 1 N–H and O–H groups in total. The number of hydrogen-bond acceptors (Lipinski definition) is 4. The zero-order chi connectivity index (χ0) is 17.1. The van der Waals surface area contributed by atoms with Crippen LogP contribution in [0.4, 0.5) is 10.5 Å². The van der Waals surface area contributed by atoms with E-state index in [1.54, 1.807) is 0 Å². The monoisotopic (exact) mass is 337 g/mol. The molecule has 2 bridgehead atoms. The van der Waals surface area contributed by atoms with Gasteiger partial charge in [0.15, 0.2) is 0 Å². The first-order valence-corrected chi connectivity index (χ1v) is 8.95. The molecule has 0 aliphatic carbocycles. The molecule has 3 aliphatic rings. The lowest BCUT2D eigenvalue weighted by Crippen LogP contribution is -2.60. The second-order valence-electron chi connectivity index (χ2n) is 6.86. The number of aromatic nitrogens is 1. The molecule has 1 aromatic heterocycles. The number of para-hydroxylation sites is 1. The number of ether oxygens (including phenoxy) is 1. The minimum atomic E-state index is -0.357. The number of pyridine rings is 1. The van der Waals surface area contributed by atoms with E-state index in [4.69, 9.17) is 4.74 Å². The van der Waals surface area contributed by atoms with Crippen molar-refractivity contribution in [3.05, 3.63) is 60.4 Å². The molecule has 2 atom stereocenters. The number of amides is 1. The lowest BCUT2D eigenvalue weighted by Gasteiger charge is -2.50. The molecule has 3 fully saturated rings. The Morgan fingerprint density at radius 3 is 2.56 bits per heavy atom. The molecular weight excluding hydrogens is 314 g/mol. The van der Waals surface area contributed by atoms with Gasteiger partial charge >= 0.3 is 6.09 Å². The predicted molar refractivity (Wildman–Crippen MR) is 96.4 cm³/mol. The van der Waals surface area contributed by atoms with E-state index in [0.717, 1.165) is 38.0 Å². The van der Waals surface area contributed by atoms with Crippen LogP contribution in [0.25, 0.3) is 0 Å². The summed E-state index contributed by atoms with van der Waals surface area (Å²) < 4.78 is 5.91. The van der Waals surface area contributed by atoms with Crippen LogP contribution in [0.3, 0.4) is 0 Å². The minimum Gasteiger partial charge on any atom is -0.444 e. The first kappa shape index (κ1) is 16.1. The van der Waals surface area contributed by atoms with Gasteiger partial charge in [-0.2, -0.15) is 0 Å². The molecule has 3 aliphatic heterocycles. The molecule has 0 radical (unpaired) electrons. The number of hydrogen-bond donors (Lipinski definition) is 1. The summed E-state index contributed by atoms with van der Waals surface area (Å²) in [4.78, 5) is 19.0.